The van der Waals surface area contributed by atoms with Gasteiger partial charge in [-0.3, -0.25) is 4.98 Å². The van der Waals surface area contributed by atoms with Crippen molar-refractivity contribution < 1.29 is 0 Å². The largest absolute Gasteiger partial charge is 0.381 e. The molecule has 1 aromatic rings. The lowest BCUT2D eigenvalue weighted by molar-refractivity contribution is 0.438. The van der Waals surface area contributed by atoms with Crippen molar-refractivity contribution in [1.29, 1.82) is 0 Å². The summed E-state index contributed by atoms with van der Waals surface area (Å²) in [6, 6.07) is 2.36. The second-order valence-electron chi connectivity index (χ2n) is 3.87. The minimum atomic E-state index is 0.444. The molecule has 0 saturated carbocycles. The van der Waals surface area contributed by atoms with E-state index in [0.29, 0.717) is 17.0 Å². The zero-order chi connectivity index (χ0) is 11.3. The van der Waals surface area contributed by atoms with Crippen molar-refractivity contribution in [1.82, 2.24) is 4.98 Å². The Hall–Kier alpha value is -0.760. The highest BCUT2D eigenvalue weighted by molar-refractivity contribution is 6.33. The molecule has 1 aromatic heterocycles. The average Bonchev–Trinajstić information content (AvgIpc) is 2.23. The molecule has 1 atom stereocenters. The zero-order valence-electron chi connectivity index (χ0n) is 9.63. The van der Waals surface area contributed by atoms with Crippen molar-refractivity contribution in [2.75, 3.05) is 5.32 Å². The van der Waals surface area contributed by atoms with Crippen LogP contribution in [-0.4, -0.2) is 11.0 Å². The fourth-order valence-corrected chi connectivity index (χ4v) is 2.03. The van der Waals surface area contributed by atoms with Crippen LogP contribution in [0.1, 0.15) is 33.6 Å². The molecule has 84 valence electrons. The Morgan fingerprint density at radius 3 is 2.60 bits per heavy atom. The lowest BCUT2D eigenvalue weighted by Gasteiger charge is -2.23. The minimum Gasteiger partial charge on any atom is -0.381 e. The van der Waals surface area contributed by atoms with Gasteiger partial charge in [0.15, 0.2) is 0 Å². The van der Waals surface area contributed by atoms with Gasteiger partial charge in [-0.15, -0.1) is 0 Å². The van der Waals surface area contributed by atoms with E-state index in [4.69, 9.17) is 11.6 Å². The molecule has 1 rings (SSSR count). The summed E-state index contributed by atoms with van der Waals surface area (Å²) in [6.07, 6.45) is 5.80. The van der Waals surface area contributed by atoms with Crippen molar-refractivity contribution in [2.45, 2.75) is 39.7 Å². The summed E-state index contributed by atoms with van der Waals surface area (Å²) < 4.78 is 0. The number of halogens is 1. The van der Waals surface area contributed by atoms with Gasteiger partial charge in [-0.05, 0) is 18.9 Å². The second-order valence-corrected chi connectivity index (χ2v) is 4.27. The van der Waals surface area contributed by atoms with Crippen LogP contribution in [0.5, 0.6) is 0 Å². The van der Waals surface area contributed by atoms with Gasteiger partial charge in [0, 0.05) is 18.4 Å². The van der Waals surface area contributed by atoms with Crippen LogP contribution >= 0.6 is 11.6 Å². The lowest BCUT2D eigenvalue weighted by atomic mass is 9.95. The molecule has 0 radical (unpaired) electrons. The maximum atomic E-state index is 6.03. The number of aromatic nitrogens is 1. The SMILES string of the molecule is CCC(CC)C(C)Nc1ccncc1Cl. The first-order valence-corrected chi connectivity index (χ1v) is 5.92. The van der Waals surface area contributed by atoms with Crippen LogP contribution in [0.2, 0.25) is 5.02 Å². The van der Waals surface area contributed by atoms with Crippen molar-refractivity contribution >= 4 is 17.3 Å². The Balaban J connectivity index is 2.65. The third-order valence-electron chi connectivity index (χ3n) is 2.91. The molecule has 0 saturated heterocycles. The number of hydrogen-bond donors (Lipinski definition) is 1. The van der Waals surface area contributed by atoms with Crippen LogP contribution in [0.4, 0.5) is 5.69 Å². The van der Waals surface area contributed by atoms with E-state index in [1.54, 1.807) is 12.4 Å². The van der Waals surface area contributed by atoms with Gasteiger partial charge >= 0.3 is 0 Å². The zero-order valence-corrected chi connectivity index (χ0v) is 10.4. The first-order chi connectivity index (χ1) is 7.19. The maximum absolute atomic E-state index is 6.03. The first kappa shape index (κ1) is 12.3. The van der Waals surface area contributed by atoms with Crippen LogP contribution in [0.25, 0.3) is 0 Å². The summed E-state index contributed by atoms with van der Waals surface area (Å²) in [5.74, 6) is 0.689. The summed E-state index contributed by atoms with van der Waals surface area (Å²) >= 11 is 6.03. The van der Waals surface area contributed by atoms with E-state index in [0.717, 1.165) is 5.69 Å². The van der Waals surface area contributed by atoms with Gasteiger partial charge in [-0.25, -0.2) is 0 Å². The average molecular weight is 227 g/mol. The highest BCUT2D eigenvalue weighted by Gasteiger charge is 2.13. The van der Waals surface area contributed by atoms with E-state index in [1.807, 2.05) is 6.07 Å². The summed E-state index contributed by atoms with van der Waals surface area (Å²) in [5.41, 5.74) is 0.978. The summed E-state index contributed by atoms with van der Waals surface area (Å²) in [4.78, 5) is 3.97. The fraction of sp³-hybridized carbons (Fsp3) is 0.583. The molecule has 1 N–H and O–H groups in total. The van der Waals surface area contributed by atoms with E-state index >= 15 is 0 Å². The molecule has 0 fully saturated rings. The van der Waals surface area contributed by atoms with Gasteiger partial charge in [-0.1, -0.05) is 38.3 Å². The van der Waals surface area contributed by atoms with E-state index in [9.17, 15) is 0 Å². The molecule has 0 aromatic carbocycles. The van der Waals surface area contributed by atoms with Gasteiger partial charge in [0.2, 0.25) is 0 Å². The van der Waals surface area contributed by atoms with E-state index in [-0.39, 0.29) is 0 Å². The Bertz CT molecular complexity index is 297. The fourth-order valence-electron chi connectivity index (χ4n) is 1.85. The Morgan fingerprint density at radius 2 is 2.07 bits per heavy atom. The molecule has 15 heavy (non-hydrogen) atoms. The van der Waals surface area contributed by atoms with Crippen molar-refractivity contribution in [2.24, 2.45) is 5.92 Å². The predicted octanol–water partition coefficient (Wildman–Crippen LogP) is 3.97. The normalized spacial score (nSPS) is 12.9. The maximum Gasteiger partial charge on any atom is 0.0820 e. The van der Waals surface area contributed by atoms with Crippen LogP contribution in [0, 0.1) is 5.92 Å². The summed E-state index contributed by atoms with van der Waals surface area (Å²) in [7, 11) is 0. The quantitative estimate of drug-likeness (QED) is 0.822. The van der Waals surface area contributed by atoms with Gasteiger partial charge in [0.25, 0.3) is 0 Å². The van der Waals surface area contributed by atoms with E-state index < -0.39 is 0 Å². The van der Waals surface area contributed by atoms with Gasteiger partial charge in [-0.2, -0.15) is 0 Å². The van der Waals surface area contributed by atoms with Gasteiger partial charge < -0.3 is 5.32 Å². The molecule has 0 bridgehead atoms. The first-order valence-electron chi connectivity index (χ1n) is 5.55. The van der Waals surface area contributed by atoms with E-state index in [1.165, 1.54) is 12.8 Å². The minimum absolute atomic E-state index is 0.444. The van der Waals surface area contributed by atoms with Gasteiger partial charge in [0.1, 0.15) is 0 Å². The molecule has 0 amide bonds. The molecule has 1 unspecified atom stereocenters. The molecule has 0 aliphatic carbocycles. The smallest absolute Gasteiger partial charge is 0.0820 e. The second kappa shape index (κ2) is 5.96. The van der Waals surface area contributed by atoms with Crippen molar-refractivity contribution in [3.05, 3.63) is 23.5 Å². The Morgan fingerprint density at radius 1 is 1.40 bits per heavy atom. The number of anilines is 1. The standard InChI is InChI=1S/C12H19ClN2/c1-4-10(5-2)9(3)15-12-6-7-14-8-11(12)13/h6-10H,4-5H2,1-3H3,(H,14,15). The van der Waals surface area contributed by atoms with Crippen LogP contribution in [0.3, 0.4) is 0 Å². The number of hydrogen-bond acceptors (Lipinski definition) is 2. The third kappa shape index (κ3) is 3.38. The highest BCUT2D eigenvalue weighted by Crippen LogP contribution is 2.23. The Labute approximate surface area is 97.1 Å². The number of pyridine rings is 1. The van der Waals surface area contributed by atoms with Crippen LogP contribution < -0.4 is 5.32 Å². The number of nitrogens with zero attached hydrogens (tertiary/aromatic N) is 1. The number of rotatable bonds is 5. The molecule has 0 aliphatic heterocycles. The highest BCUT2D eigenvalue weighted by atomic mass is 35.5. The molecular formula is C12H19ClN2. The molecule has 3 heteroatoms. The topological polar surface area (TPSA) is 24.9 Å². The monoisotopic (exact) mass is 226 g/mol. The van der Waals surface area contributed by atoms with Gasteiger partial charge in [0.05, 0.1) is 10.7 Å². The van der Waals surface area contributed by atoms with Crippen molar-refractivity contribution in [3.8, 4) is 0 Å². The lowest BCUT2D eigenvalue weighted by Crippen LogP contribution is -2.25. The van der Waals surface area contributed by atoms with Crippen molar-refractivity contribution in [3.63, 3.8) is 0 Å². The van der Waals surface area contributed by atoms with Crippen LogP contribution in [-0.2, 0) is 0 Å². The summed E-state index contributed by atoms with van der Waals surface area (Å²) in [6.45, 7) is 6.65. The predicted molar refractivity (Wildman–Crippen MR) is 66.4 cm³/mol. The molecule has 2 nitrogen and oxygen atoms in total. The van der Waals surface area contributed by atoms with Crippen LogP contribution in [0.15, 0.2) is 18.5 Å². The molecular weight excluding hydrogens is 208 g/mol. The van der Waals surface area contributed by atoms with E-state index in [2.05, 4.69) is 31.1 Å². The molecule has 0 aliphatic rings. The molecule has 1 heterocycles. The Kier molecular flexibility index (Phi) is 4.89. The number of nitrogens with one attached hydrogen (secondary N) is 1. The third-order valence-corrected chi connectivity index (χ3v) is 3.21. The summed E-state index contributed by atoms with van der Waals surface area (Å²) in [5, 5.41) is 4.13. The molecule has 0 spiro atoms.